The summed E-state index contributed by atoms with van der Waals surface area (Å²) in [6, 6.07) is 0. The van der Waals surface area contributed by atoms with Gasteiger partial charge in [-0.3, -0.25) is 4.79 Å². The highest BCUT2D eigenvalue weighted by Gasteiger charge is 1.90. The predicted molar refractivity (Wildman–Crippen MR) is 53.2 cm³/mol. The van der Waals surface area contributed by atoms with Gasteiger partial charge in [-0.15, -0.1) is 0 Å². The van der Waals surface area contributed by atoms with E-state index in [2.05, 4.69) is 11.9 Å². The van der Waals surface area contributed by atoms with Gasteiger partial charge in [-0.2, -0.15) is 0 Å². The molecule has 0 aromatic heterocycles. The zero-order valence-electron chi connectivity index (χ0n) is 8.30. The summed E-state index contributed by atoms with van der Waals surface area (Å²) in [5.41, 5.74) is 0.895. The van der Waals surface area contributed by atoms with Crippen molar-refractivity contribution in [1.82, 2.24) is 5.32 Å². The highest BCUT2D eigenvalue weighted by atomic mass is 16.5. The quantitative estimate of drug-likeness (QED) is 0.370. The molecule has 0 saturated heterocycles. The van der Waals surface area contributed by atoms with Crippen LogP contribution < -0.4 is 5.32 Å². The number of hydrogen-bond acceptors (Lipinski definition) is 3. The lowest BCUT2D eigenvalue weighted by molar-refractivity contribution is -0.112. The third kappa shape index (κ3) is 8.66. The molecule has 0 spiro atoms. The van der Waals surface area contributed by atoms with Crippen molar-refractivity contribution >= 4 is 5.78 Å². The maximum absolute atomic E-state index is 10.6. The Morgan fingerprint density at radius 3 is 2.77 bits per heavy atom. The Labute approximate surface area is 79.5 Å². The molecule has 0 aromatic rings. The van der Waals surface area contributed by atoms with Gasteiger partial charge in [0.15, 0.2) is 5.78 Å². The van der Waals surface area contributed by atoms with E-state index < -0.39 is 0 Å². The zero-order valence-corrected chi connectivity index (χ0v) is 8.30. The zero-order chi connectivity index (χ0) is 10.1. The van der Waals surface area contributed by atoms with Gasteiger partial charge in [-0.05, 0) is 26.3 Å². The molecule has 0 fully saturated rings. The fourth-order valence-corrected chi connectivity index (χ4v) is 0.880. The number of carbonyl (C=O) groups excluding carboxylic acids is 1. The molecule has 0 unspecified atom stereocenters. The van der Waals surface area contributed by atoms with Crippen LogP contribution in [0.3, 0.4) is 0 Å². The van der Waals surface area contributed by atoms with Crippen molar-refractivity contribution < 1.29 is 9.53 Å². The summed E-state index contributed by atoms with van der Waals surface area (Å²) in [4.78, 5) is 10.6. The molecule has 3 heteroatoms. The molecule has 0 aromatic carbocycles. The van der Waals surface area contributed by atoms with Gasteiger partial charge < -0.3 is 10.1 Å². The van der Waals surface area contributed by atoms with Crippen LogP contribution in [0.5, 0.6) is 0 Å². The van der Waals surface area contributed by atoms with Gasteiger partial charge in [0.2, 0.25) is 0 Å². The van der Waals surface area contributed by atoms with Crippen LogP contribution in [0.25, 0.3) is 0 Å². The van der Waals surface area contributed by atoms with Crippen LogP contribution in [0.4, 0.5) is 0 Å². The number of hydrogen-bond donors (Lipinski definition) is 1. The molecule has 0 saturated carbocycles. The van der Waals surface area contributed by atoms with Gasteiger partial charge in [0, 0.05) is 12.2 Å². The maximum atomic E-state index is 10.6. The molecule has 1 N–H and O–H groups in total. The first-order valence-corrected chi connectivity index (χ1v) is 4.32. The number of ether oxygens (including phenoxy) is 1. The van der Waals surface area contributed by atoms with E-state index in [-0.39, 0.29) is 5.78 Å². The van der Waals surface area contributed by atoms with E-state index in [4.69, 9.17) is 4.74 Å². The fourth-order valence-electron chi connectivity index (χ4n) is 0.880. The first-order chi connectivity index (χ1) is 6.16. The minimum Gasteiger partial charge on any atom is -0.502 e. The Bertz CT molecular complexity index is 197. The number of rotatable bonds is 7. The van der Waals surface area contributed by atoms with Gasteiger partial charge in [0.1, 0.15) is 0 Å². The van der Waals surface area contributed by atoms with Crippen molar-refractivity contribution in [3.8, 4) is 0 Å². The number of carbonyl (C=O) groups is 1. The Hall–Kier alpha value is -1.25. The summed E-state index contributed by atoms with van der Waals surface area (Å²) >= 11 is 0. The predicted octanol–water partition coefficient (Wildman–Crippen LogP) is 1.62. The monoisotopic (exact) mass is 183 g/mol. The van der Waals surface area contributed by atoms with E-state index in [0.29, 0.717) is 6.61 Å². The molecule has 0 heterocycles. The standard InChI is InChI=1S/C10H17NO2/c1-4-13-7-5-6-11-9(2)8-10(3)12/h4,8,11H,1,5-7H2,2-3H3/b9-8+. The first-order valence-electron chi connectivity index (χ1n) is 4.32. The van der Waals surface area contributed by atoms with Crippen molar-refractivity contribution in [1.29, 1.82) is 0 Å². The van der Waals surface area contributed by atoms with E-state index in [1.807, 2.05) is 6.92 Å². The first kappa shape index (κ1) is 11.8. The molecule has 0 rings (SSSR count). The van der Waals surface area contributed by atoms with Gasteiger partial charge in [0.05, 0.1) is 12.9 Å². The minimum atomic E-state index is 0.0624. The normalized spacial score (nSPS) is 10.8. The average molecular weight is 183 g/mol. The van der Waals surface area contributed by atoms with Crippen molar-refractivity contribution in [2.75, 3.05) is 13.2 Å². The Kier molecular flexibility index (Phi) is 6.69. The van der Waals surface area contributed by atoms with Crippen molar-refractivity contribution in [3.63, 3.8) is 0 Å². The molecule has 0 aliphatic heterocycles. The van der Waals surface area contributed by atoms with E-state index in [0.717, 1.165) is 18.7 Å². The minimum absolute atomic E-state index is 0.0624. The lowest BCUT2D eigenvalue weighted by Gasteiger charge is -2.05. The summed E-state index contributed by atoms with van der Waals surface area (Å²) in [7, 11) is 0. The molecule has 0 atom stereocenters. The van der Waals surface area contributed by atoms with Gasteiger partial charge in [0.25, 0.3) is 0 Å². The Morgan fingerprint density at radius 2 is 2.23 bits per heavy atom. The van der Waals surface area contributed by atoms with E-state index >= 15 is 0 Å². The van der Waals surface area contributed by atoms with Crippen molar-refractivity contribution in [2.45, 2.75) is 20.3 Å². The summed E-state index contributed by atoms with van der Waals surface area (Å²) in [6.45, 7) is 8.30. The molecular weight excluding hydrogens is 166 g/mol. The largest absolute Gasteiger partial charge is 0.502 e. The number of ketones is 1. The molecule has 0 bridgehead atoms. The van der Waals surface area contributed by atoms with Crippen LogP contribution in [0, 0.1) is 0 Å². The van der Waals surface area contributed by atoms with Crippen LogP contribution in [0.15, 0.2) is 24.6 Å². The van der Waals surface area contributed by atoms with Crippen LogP contribution in [-0.4, -0.2) is 18.9 Å². The second kappa shape index (κ2) is 7.40. The lowest BCUT2D eigenvalue weighted by atomic mass is 10.3. The van der Waals surface area contributed by atoms with Crippen LogP contribution in [0.1, 0.15) is 20.3 Å². The SMILES string of the molecule is C=COCCCN/C(C)=C/C(C)=O. The van der Waals surface area contributed by atoms with Gasteiger partial charge in [-0.1, -0.05) is 6.58 Å². The van der Waals surface area contributed by atoms with Crippen LogP contribution in [-0.2, 0) is 9.53 Å². The summed E-state index contributed by atoms with van der Waals surface area (Å²) in [5, 5.41) is 3.10. The molecule has 0 aliphatic rings. The number of allylic oxidation sites excluding steroid dienone is 2. The smallest absolute Gasteiger partial charge is 0.154 e. The average Bonchev–Trinajstić information content (AvgIpc) is 2.02. The summed E-state index contributed by atoms with van der Waals surface area (Å²) in [5.74, 6) is 0.0624. The fraction of sp³-hybridized carbons (Fsp3) is 0.500. The molecule has 0 amide bonds. The molecule has 74 valence electrons. The van der Waals surface area contributed by atoms with Gasteiger partial charge >= 0.3 is 0 Å². The third-order valence-electron chi connectivity index (χ3n) is 1.38. The summed E-state index contributed by atoms with van der Waals surface area (Å²) in [6.07, 6.45) is 3.90. The molecule has 0 radical (unpaired) electrons. The number of nitrogens with one attached hydrogen (secondary N) is 1. The van der Waals surface area contributed by atoms with E-state index in [9.17, 15) is 4.79 Å². The lowest BCUT2D eigenvalue weighted by Crippen LogP contribution is -2.14. The molecule has 13 heavy (non-hydrogen) atoms. The molecule has 0 aliphatic carbocycles. The summed E-state index contributed by atoms with van der Waals surface area (Å²) < 4.78 is 4.93. The Balaban J connectivity index is 3.42. The highest BCUT2D eigenvalue weighted by Crippen LogP contribution is 1.88. The second-order valence-electron chi connectivity index (χ2n) is 2.76. The topological polar surface area (TPSA) is 38.3 Å². The third-order valence-corrected chi connectivity index (χ3v) is 1.38. The molecule has 3 nitrogen and oxygen atoms in total. The van der Waals surface area contributed by atoms with E-state index in [1.54, 1.807) is 6.08 Å². The molecular formula is C10H17NO2. The van der Waals surface area contributed by atoms with Crippen molar-refractivity contribution in [2.24, 2.45) is 0 Å². The van der Waals surface area contributed by atoms with E-state index in [1.165, 1.54) is 13.2 Å². The van der Waals surface area contributed by atoms with Crippen LogP contribution >= 0.6 is 0 Å². The van der Waals surface area contributed by atoms with Gasteiger partial charge in [-0.25, -0.2) is 0 Å². The second-order valence-corrected chi connectivity index (χ2v) is 2.76. The maximum Gasteiger partial charge on any atom is 0.154 e. The highest BCUT2D eigenvalue weighted by molar-refractivity contribution is 5.87. The van der Waals surface area contributed by atoms with Crippen molar-refractivity contribution in [3.05, 3.63) is 24.6 Å². The Morgan fingerprint density at radius 1 is 1.54 bits per heavy atom. The van der Waals surface area contributed by atoms with Crippen LogP contribution in [0.2, 0.25) is 0 Å².